The molecule has 88 valence electrons. The van der Waals surface area contributed by atoms with Gasteiger partial charge in [-0.3, -0.25) is 4.79 Å². The number of ether oxygens (including phenoxy) is 1. The van der Waals surface area contributed by atoms with Crippen molar-refractivity contribution in [1.82, 2.24) is 0 Å². The molecule has 0 amide bonds. The predicted molar refractivity (Wildman–Crippen MR) is 52.6 cm³/mol. The summed E-state index contributed by atoms with van der Waals surface area (Å²) < 4.78 is 42.9. The van der Waals surface area contributed by atoms with Crippen molar-refractivity contribution < 1.29 is 22.7 Å². The van der Waals surface area contributed by atoms with E-state index in [2.05, 4.69) is 0 Å². The highest BCUT2D eigenvalue weighted by molar-refractivity contribution is 5.80. The van der Waals surface area contributed by atoms with Gasteiger partial charge in [0.05, 0.1) is 17.2 Å². The fourth-order valence-corrected chi connectivity index (χ4v) is 1.24. The van der Waals surface area contributed by atoms with Crippen molar-refractivity contribution in [2.45, 2.75) is 26.1 Å². The SMILES string of the molecule is CC(C)Oc1c(C=O)cccc1C(F)(F)F. The van der Waals surface area contributed by atoms with Crippen molar-refractivity contribution in [3.05, 3.63) is 29.3 Å². The minimum atomic E-state index is -4.52. The van der Waals surface area contributed by atoms with Crippen molar-refractivity contribution in [1.29, 1.82) is 0 Å². The van der Waals surface area contributed by atoms with Crippen molar-refractivity contribution in [3.63, 3.8) is 0 Å². The van der Waals surface area contributed by atoms with Gasteiger partial charge in [0.25, 0.3) is 0 Å². The van der Waals surface area contributed by atoms with Gasteiger partial charge in [-0.05, 0) is 26.0 Å². The molecule has 0 heterocycles. The van der Waals surface area contributed by atoms with Crippen LogP contribution in [0.2, 0.25) is 0 Å². The Hall–Kier alpha value is -1.52. The number of carbonyl (C=O) groups excluding carboxylic acids is 1. The van der Waals surface area contributed by atoms with Crippen LogP contribution < -0.4 is 4.74 Å². The van der Waals surface area contributed by atoms with Gasteiger partial charge in [0.15, 0.2) is 6.29 Å². The van der Waals surface area contributed by atoms with E-state index in [-0.39, 0.29) is 5.56 Å². The number of para-hydroxylation sites is 1. The summed E-state index contributed by atoms with van der Waals surface area (Å²) in [6.45, 7) is 3.20. The van der Waals surface area contributed by atoms with E-state index in [0.717, 1.165) is 6.07 Å². The molecule has 0 fully saturated rings. The summed E-state index contributed by atoms with van der Waals surface area (Å²) in [6, 6.07) is 3.37. The van der Waals surface area contributed by atoms with E-state index in [0.29, 0.717) is 6.29 Å². The molecule has 0 aliphatic rings. The summed E-state index contributed by atoms with van der Waals surface area (Å²) in [5.41, 5.74) is -1.02. The molecule has 0 atom stereocenters. The maximum atomic E-state index is 12.6. The van der Waals surface area contributed by atoms with Crippen LogP contribution in [0.25, 0.3) is 0 Å². The van der Waals surface area contributed by atoms with Crippen LogP contribution in [0.1, 0.15) is 29.8 Å². The number of halogens is 3. The monoisotopic (exact) mass is 232 g/mol. The summed E-state index contributed by atoms with van der Waals surface area (Å²) in [4.78, 5) is 10.6. The van der Waals surface area contributed by atoms with Crippen LogP contribution in [-0.4, -0.2) is 12.4 Å². The zero-order valence-electron chi connectivity index (χ0n) is 8.84. The van der Waals surface area contributed by atoms with E-state index >= 15 is 0 Å². The van der Waals surface area contributed by atoms with Gasteiger partial charge in [0, 0.05) is 0 Å². The highest BCUT2D eigenvalue weighted by Gasteiger charge is 2.35. The van der Waals surface area contributed by atoms with E-state index in [1.54, 1.807) is 13.8 Å². The maximum Gasteiger partial charge on any atom is 0.419 e. The second kappa shape index (κ2) is 4.55. The van der Waals surface area contributed by atoms with Gasteiger partial charge in [-0.25, -0.2) is 0 Å². The Morgan fingerprint density at radius 2 is 1.94 bits per heavy atom. The highest BCUT2D eigenvalue weighted by atomic mass is 19.4. The third-order valence-corrected chi connectivity index (χ3v) is 1.83. The molecule has 0 saturated carbocycles. The number of rotatable bonds is 3. The average molecular weight is 232 g/mol. The van der Waals surface area contributed by atoms with Crippen LogP contribution in [0, 0.1) is 0 Å². The average Bonchev–Trinajstić information content (AvgIpc) is 2.15. The summed E-state index contributed by atoms with van der Waals surface area (Å²) in [6.07, 6.45) is -4.60. The van der Waals surface area contributed by atoms with Gasteiger partial charge in [-0.2, -0.15) is 13.2 Å². The first kappa shape index (κ1) is 12.5. The third-order valence-electron chi connectivity index (χ3n) is 1.83. The molecule has 16 heavy (non-hydrogen) atoms. The number of aldehydes is 1. The Morgan fingerprint density at radius 1 is 1.31 bits per heavy atom. The molecule has 0 aromatic heterocycles. The van der Waals surface area contributed by atoms with Gasteiger partial charge in [-0.15, -0.1) is 0 Å². The van der Waals surface area contributed by atoms with Crippen LogP contribution in [0.15, 0.2) is 18.2 Å². The molecule has 0 aliphatic carbocycles. The van der Waals surface area contributed by atoms with Crippen molar-refractivity contribution in [2.24, 2.45) is 0 Å². The zero-order valence-corrected chi connectivity index (χ0v) is 8.84. The molecule has 1 aromatic carbocycles. The normalized spacial score (nSPS) is 11.6. The van der Waals surface area contributed by atoms with E-state index in [9.17, 15) is 18.0 Å². The van der Waals surface area contributed by atoms with E-state index in [4.69, 9.17) is 4.74 Å². The Kier molecular flexibility index (Phi) is 3.57. The first-order chi connectivity index (χ1) is 7.36. The molecular weight excluding hydrogens is 221 g/mol. The lowest BCUT2D eigenvalue weighted by molar-refractivity contribution is -0.139. The van der Waals surface area contributed by atoms with Crippen LogP contribution in [-0.2, 0) is 6.18 Å². The molecule has 1 rings (SSSR count). The van der Waals surface area contributed by atoms with Gasteiger partial charge in [0.1, 0.15) is 5.75 Å². The fourth-order valence-electron chi connectivity index (χ4n) is 1.24. The number of hydrogen-bond donors (Lipinski definition) is 0. The summed E-state index contributed by atoms with van der Waals surface area (Å²) in [5, 5.41) is 0. The quantitative estimate of drug-likeness (QED) is 0.747. The van der Waals surface area contributed by atoms with Gasteiger partial charge in [0.2, 0.25) is 0 Å². The first-order valence-electron chi connectivity index (χ1n) is 4.68. The largest absolute Gasteiger partial charge is 0.490 e. The van der Waals surface area contributed by atoms with Crippen LogP contribution >= 0.6 is 0 Å². The van der Waals surface area contributed by atoms with Gasteiger partial charge < -0.3 is 4.74 Å². The van der Waals surface area contributed by atoms with E-state index < -0.39 is 23.6 Å². The standard InChI is InChI=1S/C11H11F3O2/c1-7(2)16-10-8(6-15)4-3-5-9(10)11(12,13)14/h3-7H,1-2H3. The third kappa shape index (κ3) is 2.74. The van der Waals surface area contributed by atoms with Gasteiger partial charge in [-0.1, -0.05) is 6.07 Å². The fraction of sp³-hybridized carbons (Fsp3) is 0.364. The van der Waals surface area contributed by atoms with Crippen molar-refractivity contribution in [2.75, 3.05) is 0 Å². The first-order valence-corrected chi connectivity index (χ1v) is 4.68. The van der Waals surface area contributed by atoms with E-state index in [1.165, 1.54) is 12.1 Å². The minimum Gasteiger partial charge on any atom is -0.490 e. The second-order valence-electron chi connectivity index (χ2n) is 3.51. The lowest BCUT2D eigenvalue weighted by Gasteiger charge is -2.17. The molecule has 2 nitrogen and oxygen atoms in total. The number of carbonyl (C=O) groups is 1. The van der Waals surface area contributed by atoms with Crippen molar-refractivity contribution >= 4 is 6.29 Å². The topological polar surface area (TPSA) is 26.3 Å². The molecule has 1 aromatic rings. The molecule has 0 bridgehead atoms. The van der Waals surface area contributed by atoms with Crippen LogP contribution in [0.4, 0.5) is 13.2 Å². The maximum absolute atomic E-state index is 12.6. The van der Waals surface area contributed by atoms with Crippen molar-refractivity contribution in [3.8, 4) is 5.75 Å². The molecule has 0 saturated heterocycles. The van der Waals surface area contributed by atoms with E-state index in [1.807, 2.05) is 0 Å². The Balaban J connectivity index is 3.31. The molecule has 0 spiro atoms. The summed E-state index contributed by atoms with van der Waals surface area (Å²) in [5.74, 6) is -0.403. The Morgan fingerprint density at radius 3 is 2.38 bits per heavy atom. The number of benzene rings is 1. The Labute approximate surface area is 91.0 Å². The summed E-state index contributed by atoms with van der Waals surface area (Å²) >= 11 is 0. The highest BCUT2D eigenvalue weighted by Crippen LogP contribution is 2.38. The Bertz CT molecular complexity index is 383. The molecule has 0 aliphatic heterocycles. The lowest BCUT2D eigenvalue weighted by atomic mass is 10.1. The smallest absolute Gasteiger partial charge is 0.419 e. The molecule has 5 heteroatoms. The van der Waals surface area contributed by atoms with Gasteiger partial charge >= 0.3 is 6.18 Å². The molecular formula is C11H11F3O2. The second-order valence-corrected chi connectivity index (χ2v) is 3.51. The molecule has 0 N–H and O–H groups in total. The lowest BCUT2D eigenvalue weighted by Crippen LogP contribution is -2.14. The molecule has 0 unspecified atom stereocenters. The van der Waals surface area contributed by atoms with Crippen LogP contribution in [0.3, 0.4) is 0 Å². The zero-order chi connectivity index (χ0) is 12.3. The summed E-state index contributed by atoms with van der Waals surface area (Å²) in [7, 11) is 0. The molecule has 0 radical (unpaired) electrons. The predicted octanol–water partition coefficient (Wildman–Crippen LogP) is 3.31. The van der Waals surface area contributed by atoms with Crippen LogP contribution in [0.5, 0.6) is 5.75 Å². The minimum absolute atomic E-state index is 0.0940. The number of hydrogen-bond acceptors (Lipinski definition) is 2. The number of alkyl halides is 3.